The molecule has 0 aliphatic rings. The van der Waals surface area contributed by atoms with E-state index in [9.17, 15) is 9.59 Å². The lowest BCUT2D eigenvalue weighted by atomic mass is 9.98. The Bertz CT molecular complexity index is 910. The van der Waals surface area contributed by atoms with Crippen molar-refractivity contribution < 1.29 is 14.3 Å². The lowest BCUT2D eigenvalue weighted by Crippen LogP contribution is -2.09. The molecule has 1 unspecified atom stereocenters. The molecule has 0 N–H and O–H groups in total. The van der Waals surface area contributed by atoms with E-state index in [1.54, 1.807) is 48.5 Å². The molecule has 0 aliphatic carbocycles. The van der Waals surface area contributed by atoms with Gasteiger partial charge in [0.05, 0.1) is 5.56 Å². The molecule has 3 nitrogen and oxygen atoms in total. The number of ether oxygens (including phenoxy) is 1. The smallest absolute Gasteiger partial charge is 0.343 e. The van der Waals surface area contributed by atoms with Gasteiger partial charge in [0, 0.05) is 11.1 Å². The minimum atomic E-state index is -0.409. The Balaban J connectivity index is 1.67. The summed E-state index contributed by atoms with van der Waals surface area (Å²) in [6.07, 6.45) is 1.05. The van der Waals surface area contributed by atoms with Crippen molar-refractivity contribution in [2.45, 2.75) is 26.2 Å². The first-order valence-corrected chi connectivity index (χ1v) is 9.10. The van der Waals surface area contributed by atoms with Crippen molar-refractivity contribution in [3.05, 3.63) is 101 Å². The van der Waals surface area contributed by atoms with Crippen LogP contribution in [0.5, 0.6) is 5.75 Å². The van der Waals surface area contributed by atoms with E-state index in [1.165, 1.54) is 5.56 Å². The van der Waals surface area contributed by atoms with Crippen molar-refractivity contribution in [3.8, 4) is 5.75 Å². The minimum Gasteiger partial charge on any atom is -0.423 e. The summed E-state index contributed by atoms with van der Waals surface area (Å²) in [5.41, 5.74) is 2.90. The number of benzene rings is 3. The highest BCUT2D eigenvalue weighted by Crippen LogP contribution is 2.20. The average Bonchev–Trinajstić information content (AvgIpc) is 2.74. The van der Waals surface area contributed by atoms with Crippen LogP contribution in [-0.2, 0) is 0 Å². The zero-order valence-electron chi connectivity index (χ0n) is 15.5. The summed E-state index contributed by atoms with van der Waals surface area (Å²) in [4.78, 5) is 24.7. The topological polar surface area (TPSA) is 43.4 Å². The first-order chi connectivity index (χ1) is 13.1. The number of carbonyl (C=O) groups excluding carboxylic acids is 2. The monoisotopic (exact) mass is 358 g/mol. The van der Waals surface area contributed by atoms with E-state index < -0.39 is 5.97 Å². The number of hydrogen-bond acceptors (Lipinski definition) is 3. The first-order valence-electron chi connectivity index (χ1n) is 9.10. The highest BCUT2D eigenvalue weighted by atomic mass is 16.5. The van der Waals surface area contributed by atoms with E-state index in [0.29, 0.717) is 28.4 Å². The highest BCUT2D eigenvalue weighted by molar-refractivity contribution is 6.09. The molecule has 0 radical (unpaired) electrons. The van der Waals surface area contributed by atoms with Gasteiger partial charge in [-0.3, -0.25) is 4.79 Å². The van der Waals surface area contributed by atoms with Gasteiger partial charge in [0.1, 0.15) is 5.75 Å². The lowest BCUT2D eigenvalue weighted by molar-refractivity contribution is 0.0734. The standard InChI is InChI=1S/C24H22O3/c1-3-17(2)18-9-11-21(12-10-18)24(26)27-22-15-13-20(14-16-22)23(25)19-7-5-4-6-8-19/h4-17H,3H2,1-2H3. The van der Waals surface area contributed by atoms with E-state index in [-0.39, 0.29) is 5.78 Å². The Morgan fingerprint density at radius 1 is 0.778 bits per heavy atom. The second-order valence-corrected chi connectivity index (χ2v) is 6.54. The summed E-state index contributed by atoms with van der Waals surface area (Å²) >= 11 is 0. The van der Waals surface area contributed by atoms with Gasteiger partial charge in [-0.15, -0.1) is 0 Å². The predicted octanol–water partition coefficient (Wildman–Crippen LogP) is 5.65. The van der Waals surface area contributed by atoms with Gasteiger partial charge in [0.2, 0.25) is 0 Å². The van der Waals surface area contributed by atoms with Crippen molar-refractivity contribution in [2.24, 2.45) is 0 Å². The van der Waals surface area contributed by atoms with Crippen LogP contribution in [0.1, 0.15) is 58.0 Å². The molecule has 0 aromatic heterocycles. The molecule has 0 heterocycles. The molecule has 3 heteroatoms. The van der Waals surface area contributed by atoms with E-state index >= 15 is 0 Å². The molecule has 0 fully saturated rings. The molecule has 0 amide bonds. The molecule has 3 rings (SSSR count). The molecule has 0 aliphatic heterocycles. The third-order valence-corrected chi connectivity index (χ3v) is 4.69. The van der Waals surface area contributed by atoms with Crippen LogP contribution >= 0.6 is 0 Å². The molecule has 0 spiro atoms. The fourth-order valence-electron chi connectivity index (χ4n) is 2.78. The predicted molar refractivity (Wildman–Crippen MR) is 106 cm³/mol. The van der Waals surface area contributed by atoms with Crippen molar-refractivity contribution in [3.63, 3.8) is 0 Å². The number of ketones is 1. The molecular weight excluding hydrogens is 336 g/mol. The van der Waals surface area contributed by atoms with Gasteiger partial charge in [0.25, 0.3) is 0 Å². The van der Waals surface area contributed by atoms with Crippen LogP contribution in [0.25, 0.3) is 0 Å². The van der Waals surface area contributed by atoms with Crippen molar-refractivity contribution in [1.29, 1.82) is 0 Å². The summed E-state index contributed by atoms with van der Waals surface area (Å²) in [5, 5.41) is 0. The molecule has 0 saturated carbocycles. The Hall–Kier alpha value is -3.20. The SMILES string of the molecule is CCC(C)c1ccc(C(=O)Oc2ccc(C(=O)c3ccccc3)cc2)cc1. The fraction of sp³-hybridized carbons (Fsp3) is 0.167. The molecule has 3 aromatic carbocycles. The molecule has 27 heavy (non-hydrogen) atoms. The van der Waals surface area contributed by atoms with Gasteiger partial charge in [-0.25, -0.2) is 4.79 Å². The van der Waals surface area contributed by atoms with Crippen LogP contribution in [0, 0.1) is 0 Å². The maximum absolute atomic E-state index is 12.4. The van der Waals surface area contributed by atoms with Gasteiger partial charge >= 0.3 is 5.97 Å². The van der Waals surface area contributed by atoms with E-state index in [1.807, 2.05) is 30.3 Å². The molecular formula is C24H22O3. The van der Waals surface area contributed by atoms with E-state index in [2.05, 4.69) is 13.8 Å². The molecule has 0 bridgehead atoms. The zero-order valence-corrected chi connectivity index (χ0v) is 15.5. The molecule has 0 saturated heterocycles. The van der Waals surface area contributed by atoms with Crippen LogP contribution in [0.2, 0.25) is 0 Å². The quantitative estimate of drug-likeness (QED) is 0.325. The second kappa shape index (κ2) is 8.45. The summed E-state index contributed by atoms with van der Waals surface area (Å²) < 4.78 is 5.42. The number of hydrogen-bond donors (Lipinski definition) is 0. The van der Waals surface area contributed by atoms with Gasteiger partial charge in [0.15, 0.2) is 5.78 Å². The molecule has 136 valence electrons. The Morgan fingerprint density at radius 2 is 1.33 bits per heavy atom. The maximum atomic E-state index is 12.4. The summed E-state index contributed by atoms with van der Waals surface area (Å²) in [5.74, 6) is 0.405. The second-order valence-electron chi connectivity index (χ2n) is 6.54. The summed E-state index contributed by atoms with van der Waals surface area (Å²) in [7, 11) is 0. The van der Waals surface area contributed by atoms with Gasteiger partial charge in [-0.1, -0.05) is 56.3 Å². The van der Waals surface area contributed by atoms with Gasteiger partial charge in [-0.05, 0) is 54.3 Å². The Kier molecular flexibility index (Phi) is 5.82. The van der Waals surface area contributed by atoms with E-state index in [0.717, 1.165) is 6.42 Å². The third-order valence-electron chi connectivity index (χ3n) is 4.69. The largest absolute Gasteiger partial charge is 0.423 e. The van der Waals surface area contributed by atoms with Crippen LogP contribution in [0.15, 0.2) is 78.9 Å². The summed E-state index contributed by atoms with van der Waals surface area (Å²) in [6, 6.07) is 23.2. The minimum absolute atomic E-state index is 0.0610. The van der Waals surface area contributed by atoms with Crippen LogP contribution < -0.4 is 4.74 Å². The average molecular weight is 358 g/mol. The van der Waals surface area contributed by atoms with Crippen LogP contribution in [-0.4, -0.2) is 11.8 Å². The highest BCUT2D eigenvalue weighted by Gasteiger charge is 2.12. The Labute approximate surface area is 159 Å². The van der Waals surface area contributed by atoms with Gasteiger partial charge < -0.3 is 4.74 Å². The molecule has 3 aromatic rings. The van der Waals surface area contributed by atoms with Gasteiger partial charge in [-0.2, -0.15) is 0 Å². The number of esters is 1. The first kappa shape index (κ1) is 18.6. The number of rotatable bonds is 6. The zero-order chi connectivity index (χ0) is 19.2. The lowest BCUT2D eigenvalue weighted by Gasteiger charge is -2.10. The molecule has 1 atom stereocenters. The Morgan fingerprint density at radius 3 is 1.93 bits per heavy atom. The van der Waals surface area contributed by atoms with Crippen LogP contribution in [0.3, 0.4) is 0 Å². The normalized spacial score (nSPS) is 11.6. The number of carbonyl (C=O) groups is 2. The summed E-state index contributed by atoms with van der Waals surface area (Å²) in [6.45, 7) is 4.30. The van der Waals surface area contributed by atoms with Crippen molar-refractivity contribution >= 4 is 11.8 Å². The maximum Gasteiger partial charge on any atom is 0.343 e. The fourth-order valence-corrected chi connectivity index (χ4v) is 2.78. The third kappa shape index (κ3) is 4.50. The van der Waals surface area contributed by atoms with E-state index in [4.69, 9.17) is 4.74 Å². The van der Waals surface area contributed by atoms with Crippen molar-refractivity contribution in [2.75, 3.05) is 0 Å². The van der Waals surface area contributed by atoms with Crippen LogP contribution in [0.4, 0.5) is 0 Å². The van der Waals surface area contributed by atoms with Crippen molar-refractivity contribution in [1.82, 2.24) is 0 Å².